The van der Waals surface area contributed by atoms with Gasteiger partial charge in [0.1, 0.15) is 0 Å². The molecule has 0 rings (SSSR count). The molecule has 0 bridgehead atoms. The average molecular weight is 197 g/mol. The highest BCUT2D eigenvalue weighted by Gasteiger charge is 2.14. The van der Waals surface area contributed by atoms with Crippen LogP contribution in [0.1, 0.15) is 13.8 Å². The quantitative estimate of drug-likeness (QED) is 0.640. The van der Waals surface area contributed by atoms with Crippen molar-refractivity contribution in [1.82, 2.24) is 4.67 Å². The second-order valence-corrected chi connectivity index (χ2v) is 12.0. The number of nitrogens with zero attached hydrogens (tertiary/aromatic N) is 1. The molecule has 0 saturated heterocycles. The molecule has 0 saturated carbocycles. The minimum atomic E-state index is -1.24. The third-order valence-electron chi connectivity index (χ3n) is 1.13. The van der Waals surface area contributed by atoms with Gasteiger partial charge in [-0.15, -0.1) is 11.4 Å². The zero-order valence-corrected chi connectivity index (χ0v) is 9.82. The molecule has 0 aromatic rings. The Kier molecular flexibility index (Phi) is 4.50. The van der Waals surface area contributed by atoms with Crippen LogP contribution >= 0.6 is 16.8 Å². The van der Waals surface area contributed by atoms with E-state index in [9.17, 15) is 0 Å². The lowest BCUT2D eigenvalue weighted by Gasteiger charge is -2.25. The minimum absolute atomic E-state index is 0.651. The highest BCUT2D eigenvalue weighted by atomic mass is 32.9. The summed E-state index contributed by atoms with van der Waals surface area (Å²) in [7, 11) is 4.13. The number of hydrogen-bond acceptors (Lipinski definition) is 2. The van der Waals surface area contributed by atoms with Crippen LogP contribution in [-0.4, -0.2) is 30.7 Å². The summed E-state index contributed by atoms with van der Waals surface area (Å²) < 4.78 is 2.17. The van der Waals surface area contributed by atoms with Gasteiger partial charge in [0.15, 0.2) is 0 Å². The highest BCUT2D eigenvalue weighted by Crippen LogP contribution is 2.58. The standard InChI is InChI=1S/C6H16NPS2/c1-6(2)10-8(5,9)7(3)4/h6H,1-5H3. The van der Waals surface area contributed by atoms with Crippen LogP contribution in [0, 0.1) is 0 Å². The van der Waals surface area contributed by atoms with Crippen LogP contribution in [0.2, 0.25) is 0 Å². The van der Waals surface area contributed by atoms with Gasteiger partial charge in [0.25, 0.3) is 0 Å². The Morgan fingerprint density at radius 1 is 1.40 bits per heavy atom. The summed E-state index contributed by atoms with van der Waals surface area (Å²) in [5.74, 6) is 0. The van der Waals surface area contributed by atoms with Crippen LogP contribution in [0.15, 0.2) is 0 Å². The second-order valence-electron chi connectivity index (χ2n) is 2.80. The van der Waals surface area contributed by atoms with E-state index in [1.165, 1.54) is 0 Å². The first kappa shape index (κ1) is 11.0. The molecule has 0 aromatic carbocycles. The van der Waals surface area contributed by atoms with Crippen molar-refractivity contribution in [3.8, 4) is 0 Å². The Morgan fingerprint density at radius 3 is 1.90 bits per heavy atom. The molecule has 0 aliphatic rings. The van der Waals surface area contributed by atoms with Gasteiger partial charge < -0.3 is 0 Å². The third kappa shape index (κ3) is 3.97. The summed E-state index contributed by atoms with van der Waals surface area (Å²) in [6.45, 7) is 6.56. The van der Waals surface area contributed by atoms with Gasteiger partial charge in [0, 0.05) is 5.25 Å². The molecular formula is C6H16NPS2. The van der Waals surface area contributed by atoms with Crippen LogP contribution in [0.3, 0.4) is 0 Å². The monoisotopic (exact) mass is 197 g/mol. The lowest BCUT2D eigenvalue weighted by Crippen LogP contribution is -2.05. The molecule has 0 aromatic heterocycles. The first-order chi connectivity index (χ1) is 4.36. The van der Waals surface area contributed by atoms with Crippen LogP contribution in [-0.2, 0) is 11.8 Å². The predicted molar refractivity (Wildman–Crippen MR) is 56.6 cm³/mol. The third-order valence-corrected chi connectivity index (χ3v) is 8.57. The molecule has 0 aliphatic carbocycles. The molecule has 62 valence electrons. The van der Waals surface area contributed by atoms with E-state index in [1.54, 1.807) is 0 Å². The summed E-state index contributed by atoms with van der Waals surface area (Å²) in [5, 5.41) is -0.586. The molecule has 4 heteroatoms. The van der Waals surface area contributed by atoms with Gasteiger partial charge in [0.05, 0.1) is 5.39 Å². The SMILES string of the molecule is CC(C)SP(C)(=S)N(C)C. The van der Waals surface area contributed by atoms with E-state index < -0.39 is 5.39 Å². The van der Waals surface area contributed by atoms with E-state index in [2.05, 4.69) is 39.3 Å². The Bertz CT molecular complexity index is 145. The van der Waals surface area contributed by atoms with E-state index in [4.69, 9.17) is 11.8 Å². The van der Waals surface area contributed by atoms with Gasteiger partial charge in [-0.3, -0.25) is 4.67 Å². The van der Waals surface area contributed by atoms with Crippen molar-refractivity contribution in [3.05, 3.63) is 0 Å². The molecule has 0 radical (unpaired) electrons. The maximum absolute atomic E-state index is 5.44. The lowest BCUT2D eigenvalue weighted by molar-refractivity contribution is 0.689. The second kappa shape index (κ2) is 4.10. The Morgan fingerprint density at radius 2 is 1.80 bits per heavy atom. The summed E-state index contributed by atoms with van der Waals surface area (Å²) in [6.07, 6.45) is 0. The molecule has 0 aliphatic heterocycles. The number of rotatable bonds is 3. The Balaban J connectivity index is 4.01. The van der Waals surface area contributed by atoms with E-state index in [1.807, 2.05) is 11.4 Å². The Labute approximate surface area is 73.4 Å². The molecule has 1 unspecified atom stereocenters. The van der Waals surface area contributed by atoms with E-state index in [0.29, 0.717) is 5.25 Å². The molecule has 1 atom stereocenters. The highest BCUT2D eigenvalue weighted by molar-refractivity contribution is 8.70. The first-order valence-electron chi connectivity index (χ1n) is 3.30. The van der Waals surface area contributed by atoms with Crippen LogP contribution in [0.5, 0.6) is 0 Å². The van der Waals surface area contributed by atoms with Crippen molar-refractivity contribution in [1.29, 1.82) is 0 Å². The molecule has 0 heterocycles. The van der Waals surface area contributed by atoms with Crippen LogP contribution in [0.25, 0.3) is 0 Å². The minimum Gasteiger partial charge on any atom is -0.274 e. The number of hydrogen-bond donors (Lipinski definition) is 0. The fourth-order valence-corrected chi connectivity index (χ4v) is 5.92. The fourth-order valence-electron chi connectivity index (χ4n) is 0.485. The largest absolute Gasteiger partial charge is 0.274 e. The summed E-state index contributed by atoms with van der Waals surface area (Å²) >= 11 is 7.36. The smallest absolute Gasteiger partial charge is 0.0637 e. The summed E-state index contributed by atoms with van der Waals surface area (Å²) in [6, 6.07) is 0. The predicted octanol–water partition coefficient (Wildman–Crippen LogP) is 2.63. The molecule has 0 amide bonds. The summed E-state index contributed by atoms with van der Waals surface area (Å²) in [5.41, 5.74) is 0. The van der Waals surface area contributed by atoms with Crippen molar-refractivity contribution >= 4 is 28.6 Å². The van der Waals surface area contributed by atoms with Crippen molar-refractivity contribution in [2.75, 3.05) is 20.8 Å². The first-order valence-corrected chi connectivity index (χ1v) is 7.98. The van der Waals surface area contributed by atoms with Crippen molar-refractivity contribution in [3.63, 3.8) is 0 Å². The van der Waals surface area contributed by atoms with Crippen molar-refractivity contribution < 1.29 is 0 Å². The molecule has 1 nitrogen and oxygen atoms in total. The van der Waals surface area contributed by atoms with Crippen LogP contribution < -0.4 is 0 Å². The molecule has 0 spiro atoms. The molecular weight excluding hydrogens is 181 g/mol. The molecule has 0 N–H and O–H groups in total. The normalized spacial score (nSPS) is 17.9. The van der Waals surface area contributed by atoms with Crippen molar-refractivity contribution in [2.45, 2.75) is 19.1 Å². The van der Waals surface area contributed by atoms with Crippen molar-refractivity contribution in [2.24, 2.45) is 0 Å². The van der Waals surface area contributed by atoms with Gasteiger partial charge in [-0.1, -0.05) is 25.7 Å². The molecule has 0 fully saturated rings. The maximum atomic E-state index is 5.44. The van der Waals surface area contributed by atoms with Crippen LogP contribution in [0.4, 0.5) is 0 Å². The topological polar surface area (TPSA) is 3.24 Å². The van der Waals surface area contributed by atoms with E-state index in [-0.39, 0.29) is 0 Å². The average Bonchev–Trinajstić information content (AvgIpc) is 1.60. The fraction of sp³-hybridized carbons (Fsp3) is 1.00. The maximum Gasteiger partial charge on any atom is 0.0637 e. The summed E-state index contributed by atoms with van der Waals surface area (Å²) in [4.78, 5) is 0. The zero-order chi connectivity index (χ0) is 8.36. The van der Waals surface area contributed by atoms with E-state index in [0.717, 1.165) is 0 Å². The van der Waals surface area contributed by atoms with Gasteiger partial charge >= 0.3 is 0 Å². The lowest BCUT2D eigenvalue weighted by atomic mass is 10.6. The van der Waals surface area contributed by atoms with Gasteiger partial charge in [-0.25, -0.2) is 0 Å². The zero-order valence-electron chi connectivity index (χ0n) is 7.29. The van der Waals surface area contributed by atoms with Gasteiger partial charge in [0.2, 0.25) is 0 Å². The van der Waals surface area contributed by atoms with Gasteiger partial charge in [-0.05, 0) is 20.8 Å². The van der Waals surface area contributed by atoms with E-state index >= 15 is 0 Å². The molecule has 10 heavy (non-hydrogen) atoms. The van der Waals surface area contributed by atoms with Gasteiger partial charge in [-0.2, -0.15) is 0 Å². The Hall–Kier alpha value is 0.960.